The minimum absolute atomic E-state index is 0.559. The van der Waals surface area contributed by atoms with E-state index in [-0.39, 0.29) is 0 Å². The molecule has 0 fully saturated rings. The summed E-state index contributed by atoms with van der Waals surface area (Å²) in [5, 5.41) is 7.06. The van der Waals surface area contributed by atoms with Crippen LogP contribution in [0.25, 0.3) is 88.0 Å². The summed E-state index contributed by atoms with van der Waals surface area (Å²) in [4.78, 5) is 0. The molecule has 1 aromatic heterocycles. The zero-order valence-electron chi connectivity index (χ0n) is 31.9. The third-order valence-corrected chi connectivity index (χ3v) is 12.9. The van der Waals surface area contributed by atoms with E-state index in [9.17, 15) is 0 Å². The fourth-order valence-electron chi connectivity index (χ4n) is 10.4. The maximum absolute atomic E-state index is 6.52. The third-order valence-electron chi connectivity index (χ3n) is 12.9. The number of hydrogen-bond acceptors (Lipinski definition) is 2. The van der Waals surface area contributed by atoms with Gasteiger partial charge in [-0.2, -0.15) is 0 Å². The first-order valence-electron chi connectivity index (χ1n) is 20.3. The van der Waals surface area contributed by atoms with Crippen LogP contribution in [0.2, 0.25) is 0 Å². The lowest BCUT2D eigenvalue weighted by molar-refractivity contribution is 0.487. The molecule has 0 N–H and O–H groups in total. The van der Waals surface area contributed by atoms with Gasteiger partial charge in [0.2, 0.25) is 0 Å². The lowest BCUT2D eigenvalue weighted by Gasteiger charge is -2.34. The van der Waals surface area contributed by atoms with Crippen LogP contribution in [-0.4, -0.2) is 0 Å². The van der Waals surface area contributed by atoms with Crippen molar-refractivity contribution in [2.75, 3.05) is 0 Å². The van der Waals surface area contributed by atoms with Crippen LogP contribution in [-0.2, 0) is 5.41 Å². The van der Waals surface area contributed by atoms with Crippen molar-refractivity contribution < 1.29 is 9.15 Å². The molecule has 13 rings (SSSR count). The van der Waals surface area contributed by atoms with Crippen molar-refractivity contribution in [3.05, 3.63) is 229 Å². The van der Waals surface area contributed by atoms with Gasteiger partial charge in [0.1, 0.15) is 22.7 Å². The van der Waals surface area contributed by atoms with E-state index in [4.69, 9.17) is 9.15 Å². The lowest BCUT2D eigenvalue weighted by atomic mass is 9.67. The van der Waals surface area contributed by atoms with Gasteiger partial charge >= 0.3 is 0 Å². The standard InChI is InChI=1S/C57H34O2/c1-3-14-38(15-4-1)57(39-16-5-2-6-17-39)50-33-37(41-28-30-55-56-45(41)21-12-22-46(56)43-18-7-9-23-52(43)59-55)25-27-42(50)48-34-47-35(32-51(48)57)13-11-20-40(47)36-26-29-54-49(31-36)44-19-8-10-24-53(44)58-54/h1-34H. The summed E-state index contributed by atoms with van der Waals surface area (Å²) in [5.74, 6) is 1.80. The average molecular weight is 751 g/mol. The first-order chi connectivity index (χ1) is 29.2. The van der Waals surface area contributed by atoms with Crippen molar-refractivity contribution in [2.45, 2.75) is 5.41 Å². The van der Waals surface area contributed by atoms with Gasteiger partial charge < -0.3 is 9.15 Å². The van der Waals surface area contributed by atoms with Crippen LogP contribution in [0.4, 0.5) is 0 Å². The number of hydrogen-bond donors (Lipinski definition) is 0. The highest BCUT2D eigenvalue weighted by Crippen LogP contribution is 2.58. The van der Waals surface area contributed by atoms with Crippen LogP contribution in [0.3, 0.4) is 0 Å². The zero-order valence-corrected chi connectivity index (χ0v) is 31.9. The zero-order chi connectivity index (χ0) is 38.7. The number of fused-ring (bicyclic) bond motifs is 9. The van der Waals surface area contributed by atoms with Crippen molar-refractivity contribution in [3.63, 3.8) is 0 Å². The Morgan fingerprint density at radius 1 is 0.322 bits per heavy atom. The molecule has 2 heteroatoms. The van der Waals surface area contributed by atoms with Gasteiger partial charge in [-0.3, -0.25) is 0 Å². The highest BCUT2D eigenvalue weighted by atomic mass is 16.5. The first-order valence-corrected chi connectivity index (χ1v) is 20.3. The maximum atomic E-state index is 6.52. The number of para-hydroxylation sites is 2. The second kappa shape index (κ2) is 12.2. The molecule has 0 radical (unpaired) electrons. The Morgan fingerprint density at radius 3 is 1.81 bits per heavy atom. The van der Waals surface area contributed by atoms with Gasteiger partial charge in [0, 0.05) is 21.7 Å². The molecule has 59 heavy (non-hydrogen) atoms. The summed E-state index contributed by atoms with van der Waals surface area (Å²) in [7, 11) is 0. The monoisotopic (exact) mass is 750 g/mol. The van der Waals surface area contributed by atoms with Crippen LogP contribution in [0.15, 0.2) is 211 Å². The molecular formula is C57H34O2. The van der Waals surface area contributed by atoms with Gasteiger partial charge in [-0.1, -0.05) is 158 Å². The van der Waals surface area contributed by atoms with Crippen LogP contribution >= 0.6 is 0 Å². The van der Waals surface area contributed by atoms with Gasteiger partial charge in [0.25, 0.3) is 0 Å². The predicted molar refractivity (Wildman–Crippen MR) is 242 cm³/mol. The number of furan rings is 1. The Bertz CT molecular complexity index is 3480. The summed E-state index contributed by atoms with van der Waals surface area (Å²) in [6, 6.07) is 75.4. The average Bonchev–Trinajstić information content (AvgIpc) is 3.81. The van der Waals surface area contributed by atoms with Crippen molar-refractivity contribution in [1.29, 1.82) is 0 Å². The van der Waals surface area contributed by atoms with E-state index >= 15 is 0 Å². The van der Waals surface area contributed by atoms with Crippen LogP contribution in [0.1, 0.15) is 22.3 Å². The van der Waals surface area contributed by atoms with Gasteiger partial charge in [-0.05, 0) is 126 Å². The molecule has 11 aromatic rings. The summed E-state index contributed by atoms with van der Waals surface area (Å²) in [5.41, 5.74) is 15.9. The minimum Gasteiger partial charge on any atom is -0.456 e. The molecule has 1 aliphatic heterocycles. The molecule has 1 aliphatic carbocycles. The van der Waals surface area contributed by atoms with Crippen molar-refractivity contribution >= 4 is 43.5 Å². The molecule has 10 aromatic carbocycles. The van der Waals surface area contributed by atoms with E-state index in [1.54, 1.807) is 0 Å². The van der Waals surface area contributed by atoms with Crippen molar-refractivity contribution in [1.82, 2.24) is 0 Å². The Labute approximate surface area is 341 Å². The fraction of sp³-hybridized carbons (Fsp3) is 0.0175. The van der Waals surface area contributed by atoms with Crippen LogP contribution < -0.4 is 4.74 Å². The maximum Gasteiger partial charge on any atom is 0.135 e. The topological polar surface area (TPSA) is 22.4 Å². The normalized spacial score (nSPS) is 13.4. The van der Waals surface area contributed by atoms with Gasteiger partial charge in [-0.15, -0.1) is 0 Å². The molecule has 2 heterocycles. The van der Waals surface area contributed by atoms with E-state index in [0.29, 0.717) is 0 Å². The minimum atomic E-state index is -0.559. The molecule has 0 saturated carbocycles. The molecule has 0 bridgehead atoms. The van der Waals surface area contributed by atoms with E-state index in [0.717, 1.165) is 44.4 Å². The highest BCUT2D eigenvalue weighted by Gasteiger charge is 2.46. The summed E-state index contributed by atoms with van der Waals surface area (Å²) >= 11 is 0. The Balaban J connectivity index is 1.08. The van der Waals surface area contributed by atoms with E-state index in [2.05, 4.69) is 188 Å². The molecule has 2 aliphatic rings. The third kappa shape index (κ3) is 4.51. The number of ether oxygens (including phenoxy) is 1. The van der Waals surface area contributed by atoms with E-state index < -0.39 is 5.41 Å². The molecule has 2 nitrogen and oxygen atoms in total. The number of benzene rings is 10. The quantitative estimate of drug-likeness (QED) is 0.179. The Morgan fingerprint density at radius 2 is 0.949 bits per heavy atom. The van der Waals surface area contributed by atoms with Gasteiger partial charge in [0.15, 0.2) is 0 Å². The fourth-order valence-corrected chi connectivity index (χ4v) is 10.4. The lowest BCUT2D eigenvalue weighted by Crippen LogP contribution is -2.28. The summed E-state index contributed by atoms with van der Waals surface area (Å²) in [6.07, 6.45) is 0. The highest BCUT2D eigenvalue weighted by molar-refractivity contribution is 6.11. The van der Waals surface area contributed by atoms with E-state index in [1.165, 1.54) is 77.4 Å². The molecule has 274 valence electrons. The second-order valence-corrected chi connectivity index (χ2v) is 15.9. The Kier molecular flexibility index (Phi) is 6.68. The number of rotatable bonds is 4. The largest absolute Gasteiger partial charge is 0.456 e. The van der Waals surface area contributed by atoms with E-state index in [1.807, 2.05) is 18.2 Å². The molecular weight excluding hydrogens is 717 g/mol. The Hall–Kier alpha value is -7.68. The SMILES string of the molecule is c1ccc(C2(c3ccccc3)c3cc(-c4ccc5c6c(cccc46)-c4ccccc4O5)ccc3-c3cc4c(-c5ccc6oc7ccccc7c6c5)cccc4cc32)cc1. The molecule has 0 unspecified atom stereocenters. The van der Waals surface area contributed by atoms with Crippen LogP contribution in [0.5, 0.6) is 11.5 Å². The molecule has 0 saturated heterocycles. The second-order valence-electron chi connectivity index (χ2n) is 15.9. The van der Waals surface area contributed by atoms with Crippen molar-refractivity contribution in [3.8, 4) is 56.0 Å². The van der Waals surface area contributed by atoms with Crippen LogP contribution in [0, 0.1) is 0 Å². The molecule has 0 atom stereocenters. The molecule has 0 amide bonds. The smallest absolute Gasteiger partial charge is 0.135 e. The van der Waals surface area contributed by atoms with Gasteiger partial charge in [-0.25, -0.2) is 0 Å². The first kappa shape index (κ1) is 32.4. The molecule has 0 spiro atoms. The summed E-state index contributed by atoms with van der Waals surface area (Å²) in [6.45, 7) is 0. The van der Waals surface area contributed by atoms with Gasteiger partial charge in [0.05, 0.1) is 5.41 Å². The van der Waals surface area contributed by atoms with Crippen molar-refractivity contribution in [2.24, 2.45) is 0 Å². The summed E-state index contributed by atoms with van der Waals surface area (Å²) < 4.78 is 12.7. The predicted octanol–water partition coefficient (Wildman–Crippen LogP) is 15.4.